The van der Waals surface area contributed by atoms with Crippen molar-refractivity contribution in [1.82, 2.24) is 0 Å². The van der Waals surface area contributed by atoms with Crippen molar-refractivity contribution in [3.63, 3.8) is 0 Å². The number of anilines is 1. The fraction of sp³-hybridized carbons (Fsp3) is 0.643. The van der Waals surface area contributed by atoms with E-state index in [9.17, 15) is 43.2 Å². The van der Waals surface area contributed by atoms with E-state index in [0.717, 1.165) is 10.7 Å². The molecule has 0 spiro atoms. The van der Waals surface area contributed by atoms with Crippen LogP contribution in [0, 0.1) is 6.92 Å². The van der Waals surface area contributed by atoms with Gasteiger partial charge in [0.2, 0.25) is 0 Å². The number of hydrogen-bond donors (Lipinski definition) is 0. The first-order valence-corrected chi connectivity index (χ1v) is 10.8. The molecular formula is C14H21F6N3O4S2. The van der Waals surface area contributed by atoms with Crippen molar-refractivity contribution in [2.75, 3.05) is 19.0 Å². The van der Waals surface area contributed by atoms with Crippen molar-refractivity contribution in [2.45, 2.75) is 44.3 Å². The molecule has 0 bridgehead atoms. The van der Waals surface area contributed by atoms with Crippen molar-refractivity contribution in [1.29, 1.82) is 0 Å². The minimum atomic E-state index is -6.72. The van der Waals surface area contributed by atoms with E-state index in [1.54, 1.807) is 0 Å². The molecule has 0 aliphatic heterocycles. The van der Waals surface area contributed by atoms with Gasteiger partial charge in [-0.3, -0.25) is 0 Å². The topological polar surface area (TPSA) is 89.5 Å². The van der Waals surface area contributed by atoms with Crippen LogP contribution in [0.5, 0.6) is 0 Å². The Morgan fingerprint density at radius 1 is 1.00 bits per heavy atom. The molecule has 0 aliphatic carbocycles. The summed E-state index contributed by atoms with van der Waals surface area (Å²) in [5, 5.41) is 0. The third-order valence-electron chi connectivity index (χ3n) is 3.22. The highest BCUT2D eigenvalue weighted by Gasteiger charge is 2.46. The molecule has 170 valence electrons. The largest absolute Gasteiger partial charge is 0.480 e. The van der Waals surface area contributed by atoms with Gasteiger partial charge in [-0.1, -0.05) is 13.3 Å². The summed E-state index contributed by atoms with van der Waals surface area (Å²) in [6, 6.07) is 2.19. The van der Waals surface area contributed by atoms with E-state index in [1.165, 1.54) is 24.1 Å². The Balaban J connectivity index is 0.000000541. The van der Waals surface area contributed by atoms with Gasteiger partial charge >= 0.3 is 11.0 Å². The van der Waals surface area contributed by atoms with Crippen molar-refractivity contribution in [2.24, 2.45) is 0 Å². The zero-order valence-corrected chi connectivity index (χ0v) is 17.5. The molecule has 0 aliphatic rings. The van der Waals surface area contributed by atoms with E-state index in [0.29, 0.717) is 0 Å². The zero-order chi connectivity index (χ0) is 23.3. The monoisotopic (exact) mass is 473 g/mol. The van der Waals surface area contributed by atoms with Gasteiger partial charge in [0.05, 0.1) is 5.69 Å². The minimum Gasteiger partial charge on any atom is -0.421 e. The van der Waals surface area contributed by atoms with Gasteiger partial charge in [0.25, 0.3) is 0 Å². The molecule has 0 aromatic carbocycles. The fourth-order valence-corrected chi connectivity index (χ4v) is 3.56. The fourth-order valence-electron chi connectivity index (χ4n) is 1.85. The molecule has 0 atom stereocenters. The standard InChI is InChI=1S/C12H21N2.C2F6NO4S2/c1-5-6-8-14-9-7-12(13(3)4)11(2)10-14;3-1(4,5)14(10,11)9-15(12,13)2(6,7)8/h7,9-10H,5-6,8H2,1-4H3;/q+1;-1. The molecule has 7 nitrogen and oxygen atoms in total. The van der Waals surface area contributed by atoms with E-state index in [2.05, 4.69) is 55.9 Å². The highest BCUT2D eigenvalue weighted by molar-refractivity contribution is 8.13. The summed E-state index contributed by atoms with van der Waals surface area (Å²) < 4.78 is 111. The molecule has 1 rings (SSSR count). The summed E-state index contributed by atoms with van der Waals surface area (Å²) in [7, 11) is -9.28. The first-order valence-electron chi connectivity index (χ1n) is 7.89. The van der Waals surface area contributed by atoms with Crippen LogP contribution in [0.25, 0.3) is 4.13 Å². The second-order valence-electron chi connectivity index (χ2n) is 5.92. The molecule has 0 amide bonds. The zero-order valence-electron chi connectivity index (χ0n) is 15.9. The maximum atomic E-state index is 11.4. The Labute approximate surface area is 165 Å². The number of halogens is 6. The second-order valence-corrected chi connectivity index (χ2v) is 9.34. The average molecular weight is 473 g/mol. The second kappa shape index (κ2) is 9.93. The summed E-state index contributed by atoms with van der Waals surface area (Å²) in [6.45, 7) is 5.52. The summed E-state index contributed by atoms with van der Waals surface area (Å²) in [5.74, 6) is 0. The Hall–Kier alpha value is -1.61. The highest BCUT2D eigenvalue weighted by atomic mass is 32.3. The van der Waals surface area contributed by atoms with Crippen LogP contribution >= 0.6 is 0 Å². The number of hydrogen-bond acceptors (Lipinski definition) is 5. The molecule has 0 saturated carbocycles. The summed E-state index contributed by atoms with van der Waals surface area (Å²) in [5.41, 5.74) is -9.76. The lowest BCUT2D eigenvalue weighted by Gasteiger charge is -2.22. The molecule has 0 radical (unpaired) electrons. The van der Waals surface area contributed by atoms with Gasteiger partial charge in [-0.25, -0.2) is 21.4 Å². The smallest absolute Gasteiger partial charge is 0.421 e. The highest BCUT2D eigenvalue weighted by Crippen LogP contribution is 2.36. The lowest BCUT2D eigenvalue weighted by molar-refractivity contribution is -0.697. The summed E-state index contributed by atoms with van der Waals surface area (Å²) in [6.07, 6.45) is 6.90. The van der Waals surface area contributed by atoms with Crippen LogP contribution in [0.3, 0.4) is 0 Å². The Kier molecular flexibility index (Phi) is 9.38. The van der Waals surface area contributed by atoms with Gasteiger partial charge in [0.1, 0.15) is 6.54 Å². The molecule has 0 N–H and O–H groups in total. The van der Waals surface area contributed by atoms with Crippen molar-refractivity contribution >= 4 is 25.7 Å². The van der Waals surface area contributed by atoms with Gasteiger partial charge < -0.3 is 9.03 Å². The van der Waals surface area contributed by atoms with E-state index in [1.807, 2.05) is 0 Å². The van der Waals surface area contributed by atoms with Crippen LogP contribution in [0.2, 0.25) is 0 Å². The Morgan fingerprint density at radius 2 is 1.45 bits per heavy atom. The third kappa shape index (κ3) is 8.34. The molecule has 15 heteroatoms. The van der Waals surface area contributed by atoms with Gasteiger partial charge in [-0.15, -0.1) is 0 Å². The summed E-state index contributed by atoms with van der Waals surface area (Å²) in [4.78, 5) is 2.15. The molecule has 1 heterocycles. The first kappa shape index (κ1) is 27.4. The number of unbranched alkanes of at least 4 members (excludes halogenated alkanes) is 1. The van der Waals surface area contributed by atoms with Crippen LogP contribution in [-0.2, 0) is 26.6 Å². The van der Waals surface area contributed by atoms with Crippen molar-refractivity contribution < 1.29 is 47.7 Å². The number of alkyl halides is 6. The van der Waals surface area contributed by atoms with Crippen LogP contribution in [0.15, 0.2) is 18.5 Å². The van der Waals surface area contributed by atoms with E-state index in [4.69, 9.17) is 0 Å². The number of aryl methyl sites for hydroxylation is 2. The lowest BCUT2D eigenvalue weighted by Crippen LogP contribution is -2.33. The SMILES string of the molecule is CCCC[n+]1ccc(N(C)C)c(C)c1.O=S(=O)([N-]S(=O)(=O)C(F)(F)F)C(F)(F)F. The predicted octanol–water partition coefficient (Wildman–Crippen LogP) is 3.21. The third-order valence-corrected chi connectivity index (χ3v) is 5.96. The molecule has 29 heavy (non-hydrogen) atoms. The molecule has 0 unspecified atom stereocenters. The maximum absolute atomic E-state index is 11.4. The quantitative estimate of drug-likeness (QED) is 0.468. The molecule has 0 saturated heterocycles. The maximum Gasteiger partial charge on any atom is 0.480 e. The van der Waals surface area contributed by atoms with Crippen LogP contribution in [0.1, 0.15) is 25.3 Å². The van der Waals surface area contributed by atoms with Gasteiger partial charge in [-0.2, -0.15) is 26.3 Å². The molecule has 0 fully saturated rings. The van der Waals surface area contributed by atoms with Crippen molar-refractivity contribution in [3.8, 4) is 0 Å². The normalized spacial score (nSPS) is 12.9. The van der Waals surface area contributed by atoms with Gasteiger partial charge in [-0.05, 0) is 6.92 Å². The van der Waals surface area contributed by atoms with Gasteiger partial charge in [0, 0.05) is 32.1 Å². The van der Waals surface area contributed by atoms with Crippen molar-refractivity contribution in [3.05, 3.63) is 28.2 Å². The first-order chi connectivity index (χ1) is 12.9. The van der Waals surface area contributed by atoms with Crippen LogP contribution in [0.4, 0.5) is 32.0 Å². The van der Waals surface area contributed by atoms with Crippen LogP contribution in [-0.4, -0.2) is 41.9 Å². The Bertz CT molecular complexity index is 840. The number of rotatable bonds is 6. The molecule has 1 aromatic rings. The molecule has 1 aromatic heterocycles. The minimum absolute atomic E-state index is 0.778. The van der Waals surface area contributed by atoms with E-state index in [-0.39, 0.29) is 0 Å². The Morgan fingerprint density at radius 3 is 1.76 bits per heavy atom. The van der Waals surface area contributed by atoms with Gasteiger partial charge in [0.15, 0.2) is 32.4 Å². The van der Waals surface area contributed by atoms with Crippen LogP contribution < -0.4 is 9.47 Å². The summed E-state index contributed by atoms with van der Waals surface area (Å²) >= 11 is 0. The van der Waals surface area contributed by atoms with E-state index < -0.39 is 31.1 Å². The predicted molar refractivity (Wildman–Crippen MR) is 93.9 cm³/mol. The number of nitrogens with zero attached hydrogens (tertiary/aromatic N) is 3. The number of pyridine rings is 1. The number of sulfonamides is 2. The number of aromatic nitrogens is 1. The average Bonchev–Trinajstić information content (AvgIpc) is 2.50. The molecular weight excluding hydrogens is 452 g/mol. The lowest BCUT2D eigenvalue weighted by atomic mass is 10.2. The van der Waals surface area contributed by atoms with E-state index >= 15 is 0 Å².